The third-order valence-corrected chi connectivity index (χ3v) is 4.82. The van der Waals surface area contributed by atoms with Crippen molar-refractivity contribution in [2.45, 2.75) is 24.4 Å². The van der Waals surface area contributed by atoms with Crippen LogP contribution in [0.15, 0.2) is 48.5 Å². The van der Waals surface area contributed by atoms with E-state index >= 15 is 0 Å². The molecule has 0 radical (unpaired) electrons. The maximum atomic E-state index is 6.24. The summed E-state index contributed by atoms with van der Waals surface area (Å²) in [6, 6.07) is 16.9. The van der Waals surface area contributed by atoms with Gasteiger partial charge in [0.15, 0.2) is 0 Å². The summed E-state index contributed by atoms with van der Waals surface area (Å²) < 4.78 is 23.1. The zero-order valence-corrected chi connectivity index (χ0v) is 13.4. The van der Waals surface area contributed by atoms with E-state index in [4.69, 9.17) is 18.9 Å². The fraction of sp³-hybridized carbons (Fsp3) is 0.400. The normalized spacial score (nSPS) is 29.7. The van der Waals surface area contributed by atoms with Crippen LogP contribution in [-0.4, -0.2) is 38.6 Å². The van der Waals surface area contributed by atoms with E-state index in [-0.39, 0.29) is 24.4 Å². The van der Waals surface area contributed by atoms with Crippen LogP contribution in [0.4, 0.5) is 0 Å². The molecule has 0 spiro atoms. The first-order valence-corrected chi connectivity index (χ1v) is 8.54. The predicted octanol–water partition coefficient (Wildman–Crippen LogP) is 3.01. The predicted molar refractivity (Wildman–Crippen MR) is 88.0 cm³/mol. The molecule has 0 unspecified atom stereocenters. The van der Waals surface area contributed by atoms with Crippen LogP contribution in [0.25, 0.3) is 0 Å². The van der Waals surface area contributed by atoms with Crippen LogP contribution in [0.5, 0.6) is 0 Å². The minimum atomic E-state index is -0.0568. The molecule has 24 heavy (non-hydrogen) atoms. The SMILES string of the molecule is c1ccc2c(c1)C(OC[C@H]1CO1)c1ccccc1C2OC[C@H]1CO1. The molecule has 2 aliphatic heterocycles. The lowest BCUT2D eigenvalue weighted by molar-refractivity contribution is 0.0383. The Labute approximate surface area is 141 Å². The number of hydrogen-bond donors (Lipinski definition) is 0. The van der Waals surface area contributed by atoms with Gasteiger partial charge in [-0.25, -0.2) is 0 Å². The van der Waals surface area contributed by atoms with Crippen molar-refractivity contribution in [1.82, 2.24) is 0 Å². The van der Waals surface area contributed by atoms with Crippen molar-refractivity contribution in [1.29, 1.82) is 0 Å². The number of ether oxygens (including phenoxy) is 4. The molecule has 0 bridgehead atoms. The summed E-state index contributed by atoms with van der Waals surface area (Å²) in [6.45, 7) is 2.88. The molecule has 2 heterocycles. The van der Waals surface area contributed by atoms with Crippen molar-refractivity contribution in [3.63, 3.8) is 0 Å². The van der Waals surface area contributed by atoms with Gasteiger partial charge in [-0.05, 0) is 22.3 Å². The lowest BCUT2D eigenvalue weighted by Crippen LogP contribution is -2.23. The van der Waals surface area contributed by atoms with E-state index in [1.807, 2.05) is 0 Å². The van der Waals surface area contributed by atoms with Gasteiger partial charge in [-0.15, -0.1) is 0 Å². The van der Waals surface area contributed by atoms with Gasteiger partial charge in [-0.2, -0.15) is 0 Å². The Bertz CT molecular complexity index is 626. The van der Waals surface area contributed by atoms with Gasteiger partial charge in [0.1, 0.15) is 24.4 Å². The second kappa shape index (κ2) is 5.97. The van der Waals surface area contributed by atoms with Crippen molar-refractivity contribution in [3.8, 4) is 0 Å². The lowest BCUT2D eigenvalue weighted by atomic mass is 9.82. The van der Waals surface area contributed by atoms with E-state index in [0.29, 0.717) is 13.2 Å². The molecule has 2 fully saturated rings. The first kappa shape index (κ1) is 14.6. The Morgan fingerprint density at radius 3 is 1.29 bits per heavy atom. The highest BCUT2D eigenvalue weighted by atomic mass is 16.6. The smallest absolute Gasteiger partial charge is 0.108 e. The molecular weight excluding hydrogens is 304 g/mol. The summed E-state index contributed by atoms with van der Waals surface area (Å²) in [7, 11) is 0. The van der Waals surface area contributed by atoms with Crippen molar-refractivity contribution < 1.29 is 18.9 Å². The summed E-state index contributed by atoms with van der Waals surface area (Å²) in [4.78, 5) is 0. The summed E-state index contributed by atoms with van der Waals surface area (Å²) in [5, 5.41) is 0. The minimum Gasteiger partial charge on any atom is -0.371 e. The van der Waals surface area contributed by atoms with Gasteiger partial charge in [-0.3, -0.25) is 0 Å². The number of rotatable bonds is 6. The Morgan fingerprint density at radius 2 is 1.00 bits per heavy atom. The third kappa shape index (κ3) is 2.76. The van der Waals surface area contributed by atoms with E-state index in [2.05, 4.69) is 48.5 Å². The van der Waals surface area contributed by atoms with Gasteiger partial charge in [-0.1, -0.05) is 48.5 Å². The topological polar surface area (TPSA) is 43.5 Å². The molecule has 2 atom stereocenters. The van der Waals surface area contributed by atoms with Gasteiger partial charge in [0.2, 0.25) is 0 Å². The van der Waals surface area contributed by atoms with Gasteiger partial charge in [0.05, 0.1) is 26.4 Å². The molecule has 2 saturated heterocycles. The summed E-state index contributed by atoms with van der Waals surface area (Å²) >= 11 is 0. The van der Waals surface area contributed by atoms with Crippen LogP contribution in [0.3, 0.4) is 0 Å². The summed E-state index contributed by atoms with van der Waals surface area (Å²) in [5.74, 6) is 0. The second-order valence-corrected chi connectivity index (χ2v) is 6.60. The maximum absolute atomic E-state index is 6.24. The van der Waals surface area contributed by atoms with Gasteiger partial charge >= 0.3 is 0 Å². The van der Waals surface area contributed by atoms with Crippen molar-refractivity contribution in [2.75, 3.05) is 26.4 Å². The average molecular weight is 324 g/mol. The fourth-order valence-corrected chi connectivity index (χ4v) is 3.41. The molecule has 4 heteroatoms. The zero-order valence-electron chi connectivity index (χ0n) is 13.4. The zero-order chi connectivity index (χ0) is 15.9. The molecule has 0 N–H and O–H groups in total. The molecule has 0 saturated carbocycles. The summed E-state index contributed by atoms with van der Waals surface area (Å²) in [6.07, 6.45) is 0.396. The molecule has 124 valence electrons. The molecule has 2 aromatic carbocycles. The van der Waals surface area contributed by atoms with E-state index in [1.165, 1.54) is 22.3 Å². The molecule has 0 amide bonds. The lowest BCUT2D eigenvalue weighted by Gasteiger charge is -2.33. The van der Waals surface area contributed by atoms with Crippen LogP contribution < -0.4 is 0 Å². The van der Waals surface area contributed by atoms with E-state index in [9.17, 15) is 0 Å². The standard InChI is InChI=1S/C20H20O4/c1-2-6-16-15(5-1)19(23-11-13-9-21-13)17-7-3-4-8-18(17)20(16)24-12-14-10-22-14/h1-8,13-14,19-20H,9-12H2/t13-,14-,19?,20?/m1/s1. The summed E-state index contributed by atoms with van der Waals surface area (Å²) in [5.41, 5.74) is 4.77. The molecule has 4 nitrogen and oxygen atoms in total. The molecular formula is C20H20O4. The highest BCUT2D eigenvalue weighted by Gasteiger charge is 2.35. The van der Waals surface area contributed by atoms with Crippen LogP contribution >= 0.6 is 0 Å². The van der Waals surface area contributed by atoms with Gasteiger partial charge in [0.25, 0.3) is 0 Å². The van der Waals surface area contributed by atoms with E-state index in [1.54, 1.807) is 0 Å². The van der Waals surface area contributed by atoms with Crippen LogP contribution in [0, 0.1) is 0 Å². The highest BCUT2D eigenvalue weighted by molar-refractivity contribution is 5.50. The second-order valence-electron chi connectivity index (χ2n) is 6.60. The van der Waals surface area contributed by atoms with Crippen LogP contribution in [0.1, 0.15) is 34.5 Å². The molecule has 1 aliphatic carbocycles. The Kier molecular flexibility index (Phi) is 3.64. The van der Waals surface area contributed by atoms with Crippen molar-refractivity contribution in [2.24, 2.45) is 0 Å². The maximum Gasteiger partial charge on any atom is 0.108 e. The highest BCUT2D eigenvalue weighted by Crippen LogP contribution is 2.44. The average Bonchev–Trinajstić information content (AvgIpc) is 3.53. The fourth-order valence-electron chi connectivity index (χ4n) is 3.41. The van der Waals surface area contributed by atoms with Crippen molar-refractivity contribution >= 4 is 0 Å². The van der Waals surface area contributed by atoms with E-state index in [0.717, 1.165) is 13.2 Å². The first-order chi connectivity index (χ1) is 11.9. The van der Waals surface area contributed by atoms with Crippen molar-refractivity contribution in [3.05, 3.63) is 70.8 Å². The van der Waals surface area contributed by atoms with Crippen LogP contribution in [0.2, 0.25) is 0 Å². The number of hydrogen-bond acceptors (Lipinski definition) is 4. The largest absolute Gasteiger partial charge is 0.371 e. The molecule has 0 aromatic heterocycles. The first-order valence-electron chi connectivity index (χ1n) is 8.54. The number of benzene rings is 2. The van der Waals surface area contributed by atoms with Crippen LogP contribution in [-0.2, 0) is 18.9 Å². The monoisotopic (exact) mass is 324 g/mol. The molecule has 2 aromatic rings. The Morgan fingerprint density at radius 1 is 0.667 bits per heavy atom. The molecule has 3 aliphatic rings. The quantitative estimate of drug-likeness (QED) is 0.766. The Hall–Kier alpha value is -1.72. The minimum absolute atomic E-state index is 0.0568. The van der Waals surface area contributed by atoms with E-state index < -0.39 is 0 Å². The Balaban J connectivity index is 1.52. The third-order valence-electron chi connectivity index (χ3n) is 4.82. The molecule has 5 rings (SSSR count). The van der Waals surface area contributed by atoms with Gasteiger partial charge in [0, 0.05) is 0 Å². The number of fused-ring (bicyclic) bond motifs is 2. The number of epoxide rings is 2. The van der Waals surface area contributed by atoms with Gasteiger partial charge < -0.3 is 18.9 Å².